The molecule has 0 radical (unpaired) electrons. The molecule has 1 aromatic carbocycles. The van der Waals surface area contributed by atoms with E-state index in [2.05, 4.69) is 6.07 Å². The fourth-order valence-electron chi connectivity index (χ4n) is 1.98. The average Bonchev–Trinajstić information content (AvgIpc) is 2.80. The predicted octanol–water partition coefficient (Wildman–Crippen LogP) is 3.92. The minimum absolute atomic E-state index is 0.684. The maximum Gasteiger partial charge on any atom is 0.119 e. The van der Waals surface area contributed by atoms with Crippen molar-refractivity contribution in [3.05, 3.63) is 29.1 Å². The summed E-state index contributed by atoms with van der Waals surface area (Å²) in [5, 5.41) is 11.7. The molecule has 0 spiro atoms. The van der Waals surface area contributed by atoms with E-state index in [1.165, 1.54) is 4.70 Å². The van der Waals surface area contributed by atoms with Crippen molar-refractivity contribution in [3.63, 3.8) is 0 Å². The Morgan fingerprint density at radius 3 is 2.53 bits per heavy atom. The van der Waals surface area contributed by atoms with Crippen molar-refractivity contribution in [1.29, 1.82) is 0 Å². The fourth-order valence-corrected chi connectivity index (χ4v) is 3.25. The van der Waals surface area contributed by atoms with E-state index < -0.39 is 5.60 Å². The lowest BCUT2D eigenvalue weighted by Gasteiger charge is -2.23. The Labute approximate surface area is 106 Å². The summed E-state index contributed by atoms with van der Waals surface area (Å²) in [6.45, 7) is 4.04. The number of fused-ring (bicyclic) bond motifs is 1. The van der Waals surface area contributed by atoms with Crippen LogP contribution in [0, 0.1) is 0 Å². The molecule has 0 aliphatic carbocycles. The van der Waals surface area contributed by atoms with Gasteiger partial charge in [-0.1, -0.05) is 13.8 Å². The highest BCUT2D eigenvalue weighted by atomic mass is 32.1. The van der Waals surface area contributed by atoms with Gasteiger partial charge in [0.25, 0.3) is 0 Å². The van der Waals surface area contributed by atoms with Gasteiger partial charge in [0.15, 0.2) is 0 Å². The predicted molar refractivity (Wildman–Crippen MR) is 72.9 cm³/mol. The summed E-state index contributed by atoms with van der Waals surface area (Å²) in [6, 6.07) is 8.10. The maximum absolute atomic E-state index is 10.5. The molecular weight excluding hydrogens is 232 g/mol. The van der Waals surface area contributed by atoms with E-state index in [0.29, 0.717) is 0 Å². The van der Waals surface area contributed by atoms with Gasteiger partial charge >= 0.3 is 0 Å². The second kappa shape index (κ2) is 4.67. The molecule has 0 bridgehead atoms. The molecule has 2 aromatic rings. The Bertz CT molecular complexity index is 512. The Balaban J connectivity index is 2.50. The van der Waals surface area contributed by atoms with Crippen molar-refractivity contribution in [3.8, 4) is 5.75 Å². The van der Waals surface area contributed by atoms with Gasteiger partial charge in [-0.3, -0.25) is 0 Å². The average molecular weight is 250 g/mol. The minimum atomic E-state index is -0.684. The summed E-state index contributed by atoms with van der Waals surface area (Å²) in [5.41, 5.74) is -0.684. The van der Waals surface area contributed by atoms with Crippen LogP contribution < -0.4 is 4.74 Å². The molecule has 0 saturated heterocycles. The molecule has 1 heterocycles. The van der Waals surface area contributed by atoms with Crippen LogP contribution in [-0.2, 0) is 5.60 Å². The lowest BCUT2D eigenvalue weighted by atomic mass is 9.95. The molecule has 0 aliphatic heterocycles. The zero-order valence-corrected chi connectivity index (χ0v) is 11.3. The summed E-state index contributed by atoms with van der Waals surface area (Å²) >= 11 is 1.67. The van der Waals surface area contributed by atoms with Crippen molar-refractivity contribution in [1.82, 2.24) is 0 Å². The summed E-state index contributed by atoms with van der Waals surface area (Å²) in [7, 11) is 1.67. The smallest absolute Gasteiger partial charge is 0.119 e. The number of ether oxygens (including phenoxy) is 1. The molecule has 2 nitrogen and oxygen atoms in total. The lowest BCUT2D eigenvalue weighted by Crippen LogP contribution is -2.21. The van der Waals surface area contributed by atoms with Crippen LogP contribution in [0.4, 0.5) is 0 Å². The summed E-state index contributed by atoms with van der Waals surface area (Å²) in [6.07, 6.45) is 1.49. The van der Waals surface area contributed by atoms with Crippen molar-refractivity contribution >= 4 is 21.4 Å². The molecule has 0 unspecified atom stereocenters. The summed E-state index contributed by atoms with van der Waals surface area (Å²) in [4.78, 5) is 1.05. The molecule has 17 heavy (non-hydrogen) atoms. The molecule has 1 aromatic heterocycles. The molecule has 3 heteroatoms. The zero-order valence-electron chi connectivity index (χ0n) is 10.5. The third-order valence-electron chi connectivity index (χ3n) is 3.35. The van der Waals surface area contributed by atoms with E-state index in [1.807, 2.05) is 32.0 Å². The first-order chi connectivity index (χ1) is 8.12. The topological polar surface area (TPSA) is 29.5 Å². The third-order valence-corrected chi connectivity index (χ3v) is 4.66. The number of thiophene rings is 1. The Hall–Kier alpha value is -1.06. The number of aliphatic hydroxyl groups is 1. The monoisotopic (exact) mass is 250 g/mol. The first-order valence-corrected chi connectivity index (χ1v) is 6.75. The van der Waals surface area contributed by atoms with E-state index in [4.69, 9.17) is 4.74 Å². The molecule has 0 atom stereocenters. The van der Waals surface area contributed by atoms with Gasteiger partial charge in [0.1, 0.15) is 5.75 Å². The van der Waals surface area contributed by atoms with Gasteiger partial charge in [-0.25, -0.2) is 0 Å². The highest BCUT2D eigenvalue weighted by Gasteiger charge is 2.26. The normalized spacial score (nSPS) is 12.0. The zero-order chi connectivity index (χ0) is 12.5. The van der Waals surface area contributed by atoms with Crippen molar-refractivity contribution in [2.24, 2.45) is 0 Å². The van der Waals surface area contributed by atoms with Crippen LogP contribution in [0.25, 0.3) is 10.1 Å². The second-order valence-corrected chi connectivity index (χ2v) is 5.34. The molecule has 1 N–H and O–H groups in total. The molecule has 2 rings (SSSR count). The first-order valence-electron chi connectivity index (χ1n) is 5.93. The number of hydrogen-bond donors (Lipinski definition) is 1. The minimum Gasteiger partial charge on any atom is -0.497 e. The molecule has 0 saturated carbocycles. The Kier molecular flexibility index (Phi) is 3.40. The molecule has 0 fully saturated rings. The Morgan fingerprint density at radius 1 is 1.24 bits per heavy atom. The standard InChI is InChI=1S/C14H18O2S/c1-4-14(15,5-2)13-9-10-8-11(16-3)6-7-12(10)17-13/h6-9,15H,4-5H2,1-3H3. The maximum atomic E-state index is 10.5. The van der Waals surface area contributed by atoms with Gasteiger partial charge in [-0.2, -0.15) is 0 Å². The largest absolute Gasteiger partial charge is 0.497 e. The van der Waals surface area contributed by atoms with Gasteiger partial charge in [-0.05, 0) is 42.5 Å². The van der Waals surface area contributed by atoms with Gasteiger partial charge in [-0.15, -0.1) is 11.3 Å². The lowest BCUT2D eigenvalue weighted by molar-refractivity contribution is 0.0322. The van der Waals surface area contributed by atoms with Crippen LogP contribution in [0.3, 0.4) is 0 Å². The van der Waals surface area contributed by atoms with Gasteiger partial charge < -0.3 is 9.84 Å². The number of benzene rings is 1. The van der Waals surface area contributed by atoms with Gasteiger partial charge in [0.05, 0.1) is 12.7 Å². The van der Waals surface area contributed by atoms with E-state index >= 15 is 0 Å². The van der Waals surface area contributed by atoms with Crippen molar-refractivity contribution in [2.45, 2.75) is 32.3 Å². The van der Waals surface area contributed by atoms with Crippen molar-refractivity contribution in [2.75, 3.05) is 7.11 Å². The Morgan fingerprint density at radius 2 is 1.94 bits per heavy atom. The van der Waals surface area contributed by atoms with Crippen LogP contribution in [-0.4, -0.2) is 12.2 Å². The van der Waals surface area contributed by atoms with E-state index in [1.54, 1.807) is 18.4 Å². The summed E-state index contributed by atoms with van der Waals surface area (Å²) < 4.78 is 6.41. The van der Waals surface area contributed by atoms with Gasteiger partial charge in [0.2, 0.25) is 0 Å². The van der Waals surface area contributed by atoms with Crippen molar-refractivity contribution < 1.29 is 9.84 Å². The molecule has 0 amide bonds. The quantitative estimate of drug-likeness (QED) is 0.891. The SMILES string of the molecule is CCC(O)(CC)c1cc2cc(OC)ccc2s1. The van der Waals surface area contributed by atoms with Crippen LogP contribution >= 0.6 is 11.3 Å². The van der Waals surface area contributed by atoms with Crippen LogP contribution in [0.1, 0.15) is 31.6 Å². The fraction of sp³-hybridized carbons (Fsp3) is 0.429. The molecular formula is C14H18O2S. The van der Waals surface area contributed by atoms with E-state index in [0.717, 1.165) is 28.9 Å². The highest BCUT2D eigenvalue weighted by molar-refractivity contribution is 7.19. The molecule has 92 valence electrons. The third kappa shape index (κ3) is 2.17. The molecule has 0 aliphatic rings. The number of methoxy groups -OCH3 is 1. The van der Waals surface area contributed by atoms with E-state index in [-0.39, 0.29) is 0 Å². The highest BCUT2D eigenvalue weighted by Crippen LogP contribution is 2.38. The van der Waals surface area contributed by atoms with Crippen LogP contribution in [0.5, 0.6) is 5.75 Å². The number of hydrogen-bond acceptors (Lipinski definition) is 3. The first kappa shape index (κ1) is 12.4. The summed E-state index contributed by atoms with van der Waals surface area (Å²) in [5.74, 6) is 0.860. The van der Waals surface area contributed by atoms with E-state index in [9.17, 15) is 5.11 Å². The van der Waals surface area contributed by atoms with Gasteiger partial charge in [0, 0.05) is 9.58 Å². The number of rotatable bonds is 4. The van der Waals surface area contributed by atoms with Crippen LogP contribution in [0.15, 0.2) is 24.3 Å². The second-order valence-electron chi connectivity index (χ2n) is 4.25. The van der Waals surface area contributed by atoms with Crippen LogP contribution in [0.2, 0.25) is 0 Å².